The van der Waals surface area contributed by atoms with Gasteiger partial charge < -0.3 is 0 Å². The van der Waals surface area contributed by atoms with Gasteiger partial charge in [-0.3, -0.25) is 4.31 Å². The van der Waals surface area contributed by atoms with Crippen LogP contribution in [0.1, 0.15) is 12.5 Å². The minimum absolute atomic E-state index is 0.103. The maximum atomic E-state index is 13.5. The number of aromatic nitrogens is 1. The van der Waals surface area contributed by atoms with Gasteiger partial charge in [-0.05, 0) is 49.2 Å². The number of sulfonamides is 1. The van der Waals surface area contributed by atoms with E-state index >= 15 is 0 Å². The first-order valence-corrected chi connectivity index (χ1v) is 11.4. The van der Waals surface area contributed by atoms with E-state index in [-0.39, 0.29) is 6.04 Å². The normalized spacial score (nSPS) is 16.5. The molecule has 4 nitrogen and oxygen atoms in total. The van der Waals surface area contributed by atoms with Gasteiger partial charge in [0.15, 0.2) is 0 Å². The van der Waals surface area contributed by atoms with Crippen LogP contribution in [0.2, 0.25) is 0 Å². The number of thiazole rings is 1. The fraction of sp³-hybridized carbons (Fsp3) is 0.136. The van der Waals surface area contributed by atoms with Crippen LogP contribution in [0.25, 0.3) is 20.8 Å². The average Bonchev–Trinajstić information content (AvgIpc) is 3.28. The second-order valence-corrected chi connectivity index (χ2v) is 9.84. The Kier molecular flexibility index (Phi) is 4.00. The minimum atomic E-state index is -3.65. The Morgan fingerprint density at radius 3 is 2.64 bits per heavy atom. The Balaban J connectivity index is 1.59. The largest absolute Gasteiger partial charge is 0.264 e. The number of anilines is 1. The summed E-state index contributed by atoms with van der Waals surface area (Å²) in [6.07, 6.45) is 0.729. The lowest BCUT2D eigenvalue weighted by Crippen LogP contribution is -2.35. The van der Waals surface area contributed by atoms with Gasteiger partial charge in [-0.2, -0.15) is 0 Å². The van der Waals surface area contributed by atoms with E-state index in [1.54, 1.807) is 33.8 Å². The molecule has 2 heterocycles. The molecular formula is C22H18N2O2S2. The topological polar surface area (TPSA) is 50.3 Å². The Bertz CT molecular complexity index is 1260. The molecule has 1 atom stereocenters. The van der Waals surface area contributed by atoms with Crippen molar-refractivity contribution >= 4 is 37.3 Å². The van der Waals surface area contributed by atoms with E-state index in [4.69, 9.17) is 0 Å². The molecule has 6 heteroatoms. The summed E-state index contributed by atoms with van der Waals surface area (Å²) in [7, 11) is -3.65. The number of benzene rings is 3. The Hall–Kier alpha value is -2.70. The quantitative estimate of drug-likeness (QED) is 0.475. The zero-order chi connectivity index (χ0) is 19.3. The van der Waals surface area contributed by atoms with Crippen molar-refractivity contribution in [2.75, 3.05) is 4.31 Å². The van der Waals surface area contributed by atoms with E-state index in [1.165, 1.54) is 0 Å². The standard InChI is InChI=1S/C22H18N2O2S2/c1-15-13-16-7-2-4-11-20(16)24(15)28(25,26)18-9-6-8-17(14-18)22-23-19-10-3-5-12-21(19)27-22/h2-12,14-15H,13H2,1H3. The number of hydrogen-bond acceptors (Lipinski definition) is 4. The molecule has 5 rings (SSSR count). The van der Waals surface area contributed by atoms with Crippen molar-refractivity contribution in [1.82, 2.24) is 4.98 Å². The molecular weight excluding hydrogens is 388 g/mol. The smallest absolute Gasteiger partial charge is 0.263 e. The minimum Gasteiger partial charge on any atom is -0.263 e. The van der Waals surface area contributed by atoms with Gasteiger partial charge in [0.2, 0.25) is 0 Å². The highest BCUT2D eigenvalue weighted by molar-refractivity contribution is 7.92. The summed E-state index contributed by atoms with van der Waals surface area (Å²) in [5.74, 6) is 0. The third-order valence-corrected chi connectivity index (χ3v) is 8.09. The van der Waals surface area contributed by atoms with E-state index in [0.29, 0.717) is 4.90 Å². The molecule has 1 unspecified atom stereocenters. The molecule has 0 bridgehead atoms. The molecule has 140 valence electrons. The predicted octanol–water partition coefficient (Wildman–Crippen LogP) is 5.10. The van der Waals surface area contributed by atoms with E-state index in [2.05, 4.69) is 4.98 Å². The average molecular weight is 407 g/mol. The molecule has 3 aromatic carbocycles. The molecule has 28 heavy (non-hydrogen) atoms. The summed E-state index contributed by atoms with van der Waals surface area (Å²) in [6.45, 7) is 1.95. The van der Waals surface area contributed by atoms with Crippen molar-refractivity contribution in [3.8, 4) is 10.6 Å². The number of para-hydroxylation sites is 2. The zero-order valence-electron chi connectivity index (χ0n) is 15.2. The molecule has 0 N–H and O–H groups in total. The molecule has 0 fully saturated rings. The van der Waals surface area contributed by atoms with Gasteiger partial charge in [0.05, 0.1) is 20.8 Å². The number of hydrogen-bond donors (Lipinski definition) is 0. The monoisotopic (exact) mass is 406 g/mol. The van der Waals surface area contributed by atoms with Crippen molar-refractivity contribution < 1.29 is 8.42 Å². The van der Waals surface area contributed by atoms with E-state index in [1.807, 2.05) is 61.5 Å². The molecule has 0 radical (unpaired) electrons. The number of fused-ring (bicyclic) bond motifs is 2. The van der Waals surface area contributed by atoms with Gasteiger partial charge in [0.25, 0.3) is 10.0 Å². The summed E-state index contributed by atoms with van der Waals surface area (Å²) < 4.78 is 29.6. The van der Waals surface area contributed by atoms with Gasteiger partial charge in [0, 0.05) is 11.6 Å². The highest BCUT2D eigenvalue weighted by Crippen LogP contribution is 2.37. The van der Waals surface area contributed by atoms with Crippen molar-refractivity contribution in [2.24, 2.45) is 0 Å². The lowest BCUT2D eigenvalue weighted by atomic mass is 10.1. The van der Waals surface area contributed by atoms with E-state index in [0.717, 1.165) is 38.5 Å². The van der Waals surface area contributed by atoms with Crippen LogP contribution in [-0.4, -0.2) is 19.4 Å². The lowest BCUT2D eigenvalue weighted by Gasteiger charge is -2.24. The van der Waals surface area contributed by atoms with Crippen molar-refractivity contribution in [1.29, 1.82) is 0 Å². The molecule has 0 aliphatic carbocycles. The second kappa shape index (κ2) is 6.43. The number of rotatable bonds is 3. The highest BCUT2D eigenvalue weighted by atomic mass is 32.2. The van der Waals surface area contributed by atoms with Gasteiger partial charge in [-0.25, -0.2) is 13.4 Å². The first-order valence-electron chi connectivity index (χ1n) is 9.12. The summed E-state index contributed by atoms with van der Waals surface area (Å²) >= 11 is 1.57. The third kappa shape index (κ3) is 2.72. The highest BCUT2D eigenvalue weighted by Gasteiger charge is 2.35. The Morgan fingerprint density at radius 1 is 1.00 bits per heavy atom. The van der Waals surface area contributed by atoms with Gasteiger partial charge in [0.1, 0.15) is 5.01 Å². The van der Waals surface area contributed by atoms with Gasteiger partial charge in [-0.1, -0.05) is 42.5 Å². The lowest BCUT2D eigenvalue weighted by molar-refractivity contribution is 0.584. The molecule has 1 aromatic heterocycles. The first-order chi connectivity index (χ1) is 13.5. The molecule has 1 aliphatic heterocycles. The van der Waals surface area contributed by atoms with Crippen molar-refractivity contribution in [3.05, 3.63) is 78.4 Å². The molecule has 0 amide bonds. The third-order valence-electron chi connectivity index (χ3n) is 5.08. The maximum absolute atomic E-state index is 13.5. The SMILES string of the molecule is CC1Cc2ccccc2N1S(=O)(=O)c1cccc(-c2nc3ccccc3s2)c1. The number of nitrogens with zero attached hydrogens (tertiary/aromatic N) is 2. The maximum Gasteiger partial charge on any atom is 0.264 e. The fourth-order valence-corrected chi connectivity index (χ4v) is 6.50. The van der Waals surface area contributed by atoms with Crippen LogP contribution in [0, 0.1) is 0 Å². The molecule has 1 aliphatic rings. The summed E-state index contributed by atoms with van der Waals surface area (Å²) in [4.78, 5) is 4.96. The zero-order valence-corrected chi connectivity index (χ0v) is 16.9. The van der Waals surface area contributed by atoms with Crippen LogP contribution in [0.3, 0.4) is 0 Å². The van der Waals surface area contributed by atoms with Crippen LogP contribution in [0.5, 0.6) is 0 Å². The van der Waals surface area contributed by atoms with Crippen LogP contribution in [0.4, 0.5) is 5.69 Å². The van der Waals surface area contributed by atoms with E-state index < -0.39 is 10.0 Å². The van der Waals surface area contributed by atoms with Gasteiger partial charge >= 0.3 is 0 Å². The van der Waals surface area contributed by atoms with Crippen molar-refractivity contribution in [2.45, 2.75) is 24.3 Å². The molecule has 4 aromatic rings. The van der Waals surface area contributed by atoms with Crippen LogP contribution < -0.4 is 4.31 Å². The Morgan fingerprint density at radius 2 is 1.79 bits per heavy atom. The molecule has 0 saturated carbocycles. The van der Waals surface area contributed by atoms with Crippen molar-refractivity contribution in [3.63, 3.8) is 0 Å². The summed E-state index contributed by atoms with van der Waals surface area (Å²) in [5, 5.41) is 0.827. The molecule has 0 spiro atoms. The van der Waals surface area contributed by atoms with Gasteiger partial charge in [-0.15, -0.1) is 11.3 Å². The van der Waals surface area contributed by atoms with Crippen LogP contribution >= 0.6 is 11.3 Å². The second-order valence-electron chi connectivity index (χ2n) is 7.00. The molecule has 0 saturated heterocycles. The summed E-state index contributed by atoms with van der Waals surface area (Å²) in [6, 6.07) is 22.7. The van der Waals surface area contributed by atoms with Crippen LogP contribution in [0.15, 0.2) is 77.7 Å². The predicted molar refractivity (Wildman–Crippen MR) is 114 cm³/mol. The van der Waals surface area contributed by atoms with E-state index in [9.17, 15) is 8.42 Å². The van der Waals surface area contributed by atoms with Crippen LogP contribution in [-0.2, 0) is 16.4 Å². The fourth-order valence-electron chi connectivity index (χ4n) is 3.80. The summed E-state index contributed by atoms with van der Waals surface area (Å²) in [5.41, 5.74) is 3.60. The first kappa shape index (κ1) is 17.4. The Labute approximate surface area is 168 Å².